The Kier molecular flexibility index (Phi) is 7.41. The van der Waals surface area contributed by atoms with Crippen LogP contribution in [-0.2, 0) is 26.2 Å². The predicted molar refractivity (Wildman–Crippen MR) is 105 cm³/mol. The van der Waals surface area contributed by atoms with E-state index in [0.29, 0.717) is 12.3 Å². The van der Waals surface area contributed by atoms with Crippen LogP contribution in [0, 0.1) is 0 Å². The van der Waals surface area contributed by atoms with E-state index in [1.165, 1.54) is 5.56 Å². The molecule has 2 aromatic carbocycles. The van der Waals surface area contributed by atoms with Gasteiger partial charge in [-0.05, 0) is 35.1 Å². The molecule has 0 aliphatic heterocycles. The Labute approximate surface area is 160 Å². The summed E-state index contributed by atoms with van der Waals surface area (Å²) in [6, 6.07) is 17.4. The third kappa shape index (κ3) is 7.52. The van der Waals surface area contributed by atoms with Crippen LogP contribution in [0.5, 0.6) is 5.75 Å². The van der Waals surface area contributed by atoms with E-state index in [2.05, 4.69) is 26.1 Å². The van der Waals surface area contributed by atoms with Crippen LogP contribution in [0.1, 0.15) is 31.9 Å². The van der Waals surface area contributed by atoms with Crippen LogP contribution < -0.4 is 10.1 Å². The van der Waals surface area contributed by atoms with E-state index in [9.17, 15) is 9.59 Å². The zero-order chi connectivity index (χ0) is 19.7. The van der Waals surface area contributed by atoms with Crippen molar-refractivity contribution in [2.75, 3.05) is 19.8 Å². The molecular weight excluding hydrogens is 342 g/mol. The van der Waals surface area contributed by atoms with Crippen LogP contribution in [0.25, 0.3) is 0 Å². The molecule has 0 fully saturated rings. The summed E-state index contributed by atoms with van der Waals surface area (Å²) in [4.78, 5) is 23.4. The van der Waals surface area contributed by atoms with E-state index in [-0.39, 0.29) is 24.5 Å². The van der Waals surface area contributed by atoms with Crippen molar-refractivity contribution in [1.29, 1.82) is 0 Å². The molecule has 0 heterocycles. The molecule has 0 radical (unpaired) electrons. The molecule has 0 spiro atoms. The lowest BCUT2D eigenvalue weighted by atomic mass is 9.87. The van der Waals surface area contributed by atoms with Gasteiger partial charge in [-0.25, -0.2) is 4.79 Å². The van der Waals surface area contributed by atoms with Crippen LogP contribution in [-0.4, -0.2) is 31.6 Å². The van der Waals surface area contributed by atoms with Gasteiger partial charge in [0, 0.05) is 6.54 Å². The average Bonchev–Trinajstić information content (AvgIpc) is 2.65. The van der Waals surface area contributed by atoms with Gasteiger partial charge in [-0.15, -0.1) is 0 Å². The van der Waals surface area contributed by atoms with Crippen molar-refractivity contribution in [1.82, 2.24) is 5.32 Å². The van der Waals surface area contributed by atoms with Crippen molar-refractivity contribution in [3.8, 4) is 5.75 Å². The van der Waals surface area contributed by atoms with E-state index < -0.39 is 5.97 Å². The lowest BCUT2D eigenvalue weighted by Crippen LogP contribution is -2.31. The molecule has 5 nitrogen and oxygen atoms in total. The molecule has 1 amide bonds. The number of rotatable bonds is 8. The summed E-state index contributed by atoms with van der Waals surface area (Å²) >= 11 is 0. The summed E-state index contributed by atoms with van der Waals surface area (Å²) in [5.41, 5.74) is 2.39. The molecule has 0 aromatic heterocycles. The van der Waals surface area contributed by atoms with Crippen molar-refractivity contribution < 1.29 is 19.1 Å². The van der Waals surface area contributed by atoms with Crippen LogP contribution >= 0.6 is 0 Å². The number of hydrogen-bond donors (Lipinski definition) is 1. The van der Waals surface area contributed by atoms with Gasteiger partial charge in [-0.2, -0.15) is 0 Å². The minimum atomic E-state index is -0.576. The second-order valence-electron chi connectivity index (χ2n) is 7.31. The molecule has 0 bridgehead atoms. The Morgan fingerprint density at radius 2 is 1.59 bits per heavy atom. The van der Waals surface area contributed by atoms with Crippen LogP contribution in [0.15, 0.2) is 54.6 Å². The van der Waals surface area contributed by atoms with Crippen LogP contribution in [0.2, 0.25) is 0 Å². The highest BCUT2D eigenvalue weighted by Crippen LogP contribution is 2.24. The standard InChI is InChI=1S/C22H27NO4/c1-22(2,3)18-9-11-19(12-10-18)26-16-21(25)27-15-20(24)23-14-13-17-7-5-4-6-8-17/h4-12H,13-16H2,1-3H3,(H,23,24). The van der Waals surface area contributed by atoms with Gasteiger partial charge < -0.3 is 14.8 Å². The van der Waals surface area contributed by atoms with Crippen molar-refractivity contribution in [3.05, 3.63) is 65.7 Å². The highest BCUT2D eigenvalue weighted by Gasteiger charge is 2.13. The molecule has 0 unspecified atom stereocenters. The number of nitrogens with one attached hydrogen (secondary N) is 1. The smallest absolute Gasteiger partial charge is 0.344 e. The van der Waals surface area contributed by atoms with Crippen molar-refractivity contribution in [3.63, 3.8) is 0 Å². The number of carbonyl (C=O) groups is 2. The van der Waals surface area contributed by atoms with Gasteiger partial charge in [0.25, 0.3) is 5.91 Å². The first-order valence-electron chi connectivity index (χ1n) is 9.04. The summed E-state index contributed by atoms with van der Waals surface area (Å²) in [5.74, 6) is -0.311. The fourth-order valence-electron chi connectivity index (χ4n) is 2.42. The topological polar surface area (TPSA) is 64.6 Å². The molecule has 2 rings (SSSR count). The van der Waals surface area contributed by atoms with Gasteiger partial charge in [0.2, 0.25) is 0 Å². The highest BCUT2D eigenvalue weighted by molar-refractivity contribution is 5.80. The maximum atomic E-state index is 11.7. The Morgan fingerprint density at radius 3 is 2.22 bits per heavy atom. The minimum absolute atomic E-state index is 0.0608. The number of carbonyl (C=O) groups excluding carboxylic acids is 2. The summed E-state index contributed by atoms with van der Waals surface area (Å²) in [7, 11) is 0. The average molecular weight is 369 g/mol. The first-order valence-corrected chi connectivity index (χ1v) is 9.04. The maximum Gasteiger partial charge on any atom is 0.344 e. The second-order valence-corrected chi connectivity index (χ2v) is 7.31. The molecule has 0 saturated carbocycles. The molecule has 144 valence electrons. The Morgan fingerprint density at radius 1 is 0.926 bits per heavy atom. The molecule has 1 N–H and O–H groups in total. The summed E-state index contributed by atoms with van der Waals surface area (Å²) in [6.45, 7) is 6.35. The quantitative estimate of drug-likeness (QED) is 0.726. The van der Waals surface area contributed by atoms with Gasteiger partial charge in [-0.1, -0.05) is 63.2 Å². The lowest BCUT2D eigenvalue weighted by Gasteiger charge is -2.19. The van der Waals surface area contributed by atoms with E-state index in [1.807, 2.05) is 54.6 Å². The summed E-state index contributed by atoms with van der Waals surface area (Å²) < 4.78 is 10.3. The molecule has 27 heavy (non-hydrogen) atoms. The fourth-order valence-corrected chi connectivity index (χ4v) is 2.42. The van der Waals surface area contributed by atoms with Crippen molar-refractivity contribution in [2.24, 2.45) is 0 Å². The summed E-state index contributed by atoms with van der Waals surface area (Å²) in [6.07, 6.45) is 0.730. The van der Waals surface area contributed by atoms with Gasteiger partial charge in [0.05, 0.1) is 0 Å². The van der Waals surface area contributed by atoms with E-state index in [1.54, 1.807) is 0 Å². The van der Waals surface area contributed by atoms with Gasteiger partial charge in [-0.3, -0.25) is 4.79 Å². The normalized spacial score (nSPS) is 10.9. The number of benzene rings is 2. The maximum absolute atomic E-state index is 11.7. The van der Waals surface area contributed by atoms with Crippen molar-refractivity contribution >= 4 is 11.9 Å². The van der Waals surface area contributed by atoms with Gasteiger partial charge >= 0.3 is 5.97 Å². The zero-order valence-corrected chi connectivity index (χ0v) is 16.2. The largest absolute Gasteiger partial charge is 0.482 e. The monoisotopic (exact) mass is 369 g/mol. The molecule has 0 atom stereocenters. The molecule has 0 aliphatic rings. The molecule has 5 heteroatoms. The predicted octanol–water partition coefficient (Wildman–Crippen LogP) is 3.27. The minimum Gasteiger partial charge on any atom is -0.482 e. The molecule has 0 aliphatic carbocycles. The molecule has 2 aromatic rings. The first-order chi connectivity index (χ1) is 12.8. The number of ether oxygens (including phenoxy) is 2. The van der Waals surface area contributed by atoms with Crippen molar-refractivity contribution in [2.45, 2.75) is 32.6 Å². The van der Waals surface area contributed by atoms with Crippen LogP contribution in [0.4, 0.5) is 0 Å². The number of hydrogen-bond acceptors (Lipinski definition) is 4. The number of amides is 1. The van der Waals surface area contributed by atoms with Gasteiger partial charge in [0.15, 0.2) is 13.2 Å². The van der Waals surface area contributed by atoms with Gasteiger partial charge in [0.1, 0.15) is 5.75 Å². The fraction of sp³-hybridized carbons (Fsp3) is 0.364. The zero-order valence-electron chi connectivity index (χ0n) is 16.2. The van der Waals surface area contributed by atoms with E-state index >= 15 is 0 Å². The molecule has 0 saturated heterocycles. The lowest BCUT2D eigenvalue weighted by molar-refractivity contribution is -0.150. The third-order valence-electron chi connectivity index (χ3n) is 4.02. The first kappa shape index (κ1) is 20.5. The Hall–Kier alpha value is -2.82. The van der Waals surface area contributed by atoms with E-state index in [4.69, 9.17) is 9.47 Å². The van der Waals surface area contributed by atoms with E-state index in [0.717, 1.165) is 12.0 Å². The Bertz CT molecular complexity index is 733. The SMILES string of the molecule is CC(C)(C)c1ccc(OCC(=O)OCC(=O)NCCc2ccccc2)cc1. The molecular formula is C22H27NO4. The number of esters is 1. The highest BCUT2D eigenvalue weighted by atomic mass is 16.6. The summed E-state index contributed by atoms with van der Waals surface area (Å²) in [5, 5.41) is 2.72. The Balaban J connectivity index is 1.63. The van der Waals surface area contributed by atoms with Crippen LogP contribution in [0.3, 0.4) is 0 Å². The third-order valence-corrected chi connectivity index (χ3v) is 4.02. The second kappa shape index (κ2) is 9.76.